The van der Waals surface area contributed by atoms with Crippen molar-refractivity contribution in [1.29, 1.82) is 0 Å². The maximum atomic E-state index is 11.7. The Bertz CT molecular complexity index is 260. The van der Waals surface area contributed by atoms with Gasteiger partial charge in [0.1, 0.15) is 6.61 Å². The molecule has 0 radical (unpaired) electrons. The second-order valence-corrected chi connectivity index (χ2v) is 4.43. The summed E-state index contributed by atoms with van der Waals surface area (Å²) < 4.78 is 5.02. The van der Waals surface area contributed by atoms with E-state index in [0.29, 0.717) is 6.61 Å². The molecule has 2 rings (SSSR count). The Morgan fingerprint density at radius 2 is 2.31 bits per heavy atom. The van der Waals surface area contributed by atoms with Crippen molar-refractivity contribution in [3.8, 4) is 0 Å². The highest BCUT2D eigenvalue weighted by atomic mass is 16.6. The first-order valence-corrected chi connectivity index (χ1v) is 6.08. The molecule has 5 nitrogen and oxygen atoms in total. The van der Waals surface area contributed by atoms with E-state index in [4.69, 9.17) is 4.74 Å². The molecule has 2 unspecified atom stereocenters. The Balaban J connectivity index is 2.10. The summed E-state index contributed by atoms with van der Waals surface area (Å²) in [6, 6.07) is -0.162. The zero-order chi connectivity index (χ0) is 11.5. The fraction of sp³-hybridized carbons (Fsp3) is 0.909. The van der Waals surface area contributed by atoms with Gasteiger partial charge >= 0.3 is 6.09 Å². The third-order valence-electron chi connectivity index (χ3n) is 3.52. The molecule has 2 aliphatic heterocycles. The molecule has 16 heavy (non-hydrogen) atoms. The van der Waals surface area contributed by atoms with E-state index in [0.717, 1.165) is 25.9 Å². The monoisotopic (exact) mass is 228 g/mol. The Morgan fingerprint density at radius 1 is 1.50 bits per heavy atom. The van der Waals surface area contributed by atoms with Crippen molar-refractivity contribution in [2.45, 2.75) is 38.4 Å². The number of hydrogen-bond acceptors (Lipinski definition) is 4. The zero-order valence-corrected chi connectivity index (χ0v) is 9.76. The first-order valence-electron chi connectivity index (χ1n) is 6.08. The molecule has 0 saturated carbocycles. The van der Waals surface area contributed by atoms with Crippen molar-refractivity contribution in [2.75, 3.05) is 26.3 Å². The highest BCUT2D eigenvalue weighted by Crippen LogP contribution is 2.25. The summed E-state index contributed by atoms with van der Waals surface area (Å²) in [7, 11) is 0. The van der Waals surface area contributed by atoms with Gasteiger partial charge in [0.2, 0.25) is 0 Å². The number of carbonyl (C=O) groups is 1. The summed E-state index contributed by atoms with van der Waals surface area (Å²) in [4.78, 5) is 15.7. The first kappa shape index (κ1) is 11.7. The van der Waals surface area contributed by atoms with Crippen LogP contribution < -0.4 is 0 Å². The van der Waals surface area contributed by atoms with Crippen molar-refractivity contribution in [3.05, 3.63) is 0 Å². The molecule has 0 aliphatic carbocycles. The van der Waals surface area contributed by atoms with Crippen LogP contribution >= 0.6 is 0 Å². The highest BCUT2D eigenvalue weighted by Gasteiger charge is 2.40. The Kier molecular flexibility index (Phi) is 3.66. The lowest BCUT2D eigenvalue weighted by Crippen LogP contribution is -2.54. The van der Waals surface area contributed by atoms with Crippen molar-refractivity contribution in [2.24, 2.45) is 0 Å². The lowest BCUT2D eigenvalue weighted by Gasteiger charge is -2.41. The zero-order valence-electron chi connectivity index (χ0n) is 9.76. The van der Waals surface area contributed by atoms with Crippen LogP contribution in [0.2, 0.25) is 0 Å². The smallest absolute Gasteiger partial charge is 0.411 e. The van der Waals surface area contributed by atoms with Gasteiger partial charge in [0, 0.05) is 6.54 Å². The molecule has 2 saturated heterocycles. The van der Waals surface area contributed by atoms with Gasteiger partial charge < -0.3 is 9.84 Å². The number of aliphatic hydroxyl groups excluding tert-OH is 1. The number of cyclic esters (lactones) is 1. The molecule has 1 amide bonds. The van der Waals surface area contributed by atoms with Crippen LogP contribution in [0.15, 0.2) is 0 Å². The van der Waals surface area contributed by atoms with Crippen LogP contribution in [0.3, 0.4) is 0 Å². The number of piperidine rings is 1. The number of hydrogen-bond donors (Lipinski definition) is 1. The predicted octanol–water partition coefficient (Wildman–Crippen LogP) is 0.631. The van der Waals surface area contributed by atoms with Crippen LogP contribution in [0.25, 0.3) is 0 Å². The predicted molar refractivity (Wildman–Crippen MR) is 58.9 cm³/mol. The molecule has 0 aromatic heterocycles. The quantitative estimate of drug-likeness (QED) is 0.770. The average Bonchev–Trinajstić information content (AvgIpc) is 2.70. The van der Waals surface area contributed by atoms with E-state index in [-0.39, 0.29) is 24.9 Å². The molecule has 2 aliphatic rings. The number of carbonyl (C=O) groups excluding carboxylic acids is 1. The van der Waals surface area contributed by atoms with Gasteiger partial charge in [0.25, 0.3) is 0 Å². The molecule has 0 aromatic rings. The first-order chi connectivity index (χ1) is 7.77. The third kappa shape index (κ3) is 2.01. The van der Waals surface area contributed by atoms with Crippen LogP contribution in [0.5, 0.6) is 0 Å². The molecule has 92 valence electrons. The van der Waals surface area contributed by atoms with Gasteiger partial charge in [-0.2, -0.15) is 0 Å². The molecule has 5 heteroatoms. The minimum atomic E-state index is -0.274. The van der Waals surface area contributed by atoms with Gasteiger partial charge in [-0.25, -0.2) is 4.79 Å². The van der Waals surface area contributed by atoms with Crippen LogP contribution in [0.1, 0.15) is 26.2 Å². The summed E-state index contributed by atoms with van der Waals surface area (Å²) in [5.41, 5.74) is 0. The minimum Gasteiger partial charge on any atom is -0.447 e. The molecule has 0 aromatic carbocycles. The lowest BCUT2D eigenvalue weighted by molar-refractivity contribution is 0.0186. The SMILES string of the molecule is CCN1CCCCC1N1C(=O)OCC1CO. The number of amides is 1. The Morgan fingerprint density at radius 3 is 3.00 bits per heavy atom. The Hall–Kier alpha value is -0.810. The molecular formula is C11H20N2O3. The number of likely N-dealkylation sites (tertiary alicyclic amines) is 1. The van der Waals surface area contributed by atoms with Crippen LogP contribution in [0, 0.1) is 0 Å². The van der Waals surface area contributed by atoms with Crippen LogP contribution in [-0.2, 0) is 4.74 Å². The lowest BCUT2D eigenvalue weighted by atomic mass is 10.1. The van der Waals surface area contributed by atoms with E-state index in [1.165, 1.54) is 6.42 Å². The highest BCUT2D eigenvalue weighted by molar-refractivity contribution is 5.70. The molecule has 0 spiro atoms. The number of ether oxygens (including phenoxy) is 1. The standard InChI is InChI=1S/C11H20N2O3/c1-2-12-6-4-3-5-10(12)13-9(7-14)8-16-11(13)15/h9-10,14H,2-8H2,1H3. The van der Waals surface area contributed by atoms with Gasteiger partial charge in [0.15, 0.2) is 0 Å². The molecule has 2 atom stereocenters. The summed E-state index contributed by atoms with van der Waals surface area (Å²) in [5, 5.41) is 9.25. The van der Waals surface area contributed by atoms with Gasteiger partial charge in [0.05, 0.1) is 18.8 Å². The molecule has 2 fully saturated rings. The largest absolute Gasteiger partial charge is 0.447 e. The maximum Gasteiger partial charge on any atom is 0.411 e. The van der Waals surface area contributed by atoms with E-state index in [1.54, 1.807) is 4.90 Å². The van der Waals surface area contributed by atoms with Crippen LogP contribution in [0.4, 0.5) is 4.79 Å². The Labute approximate surface area is 96.0 Å². The molecule has 1 N–H and O–H groups in total. The summed E-state index contributed by atoms with van der Waals surface area (Å²) in [6.45, 7) is 4.38. The van der Waals surface area contributed by atoms with Crippen molar-refractivity contribution in [1.82, 2.24) is 9.80 Å². The molecule has 2 heterocycles. The van der Waals surface area contributed by atoms with Gasteiger partial charge in [-0.3, -0.25) is 9.80 Å². The van der Waals surface area contributed by atoms with E-state index in [2.05, 4.69) is 11.8 Å². The van der Waals surface area contributed by atoms with E-state index < -0.39 is 0 Å². The second kappa shape index (κ2) is 5.01. The van der Waals surface area contributed by atoms with Crippen molar-refractivity contribution >= 4 is 6.09 Å². The summed E-state index contributed by atoms with van der Waals surface area (Å²) >= 11 is 0. The average molecular weight is 228 g/mol. The normalized spacial score (nSPS) is 31.9. The van der Waals surface area contributed by atoms with Crippen molar-refractivity contribution in [3.63, 3.8) is 0 Å². The van der Waals surface area contributed by atoms with Gasteiger partial charge in [-0.1, -0.05) is 6.92 Å². The fourth-order valence-corrected chi connectivity index (χ4v) is 2.63. The van der Waals surface area contributed by atoms with E-state index in [1.807, 2.05) is 0 Å². The molecular weight excluding hydrogens is 208 g/mol. The van der Waals surface area contributed by atoms with Gasteiger partial charge in [-0.05, 0) is 25.8 Å². The third-order valence-corrected chi connectivity index (χ3v) is 3.52. The minimum absolute atomic E-state index is 0.0141. The van der Waals surface area contributed by atoms with E-state index in [9.17, 15) is 9.90 Å². The number of aliphatic hydroxyl groups is 1. The maximum absolute atomic E-state index is 11.7. The number of rotatable bonds is 3. The second-order valence-electron chi connectivity index (χ2n) is 4.43. The van der Waals surface area contributed by atoms with Crippen LogP contribution in [-0.4, -0.2) is 59.5 Å². The summed E-state index contributed by atoms with van der Waals surface area (Å²) in [6.07, 6.45) is 3.16. The number of nitrogens with zero attached hydrogens (tertiary/aromatic N) is 2. The molecule has 0 bridgehead atoms. The van der Waals surface area contributed by atoms with Gasteiger partial charge in [-0.15, -0.1) is 0 Å². The summed E-state index contributed by atoms with van der Waals surface area (Å²) in [5.74, 6) is 0. The topological polar surface area (TPSA) is 53.0 Å². The fourth-order valence-electron chi connectivity index (χ4n) is 2.63. The van der Waals surface area contributed by atoms with Crippen molar-refractivity contribution < 1.29 is 14.6 Å². The van der Waals surface area contributed by atoms with E-state index >= 15 is 0 Å².